The predicted octanol–water partition coefficient (Wildman–Crippen LogP) is 1.93. The molecule has 3 nitrogen and oxygen atoms in total. The minimum absolute atomic E-state index is 0.214. The summed E-state index contributed by atoms with van der Waals surface area (Å²) in [7, 11) is 0. The molecule has 1 heterocycles. The molecule has 66 valence electrons. The van der Waals surface area contributed by atoms with Gasteiger partial charge in [0.1, 0.15) is 4.75 Å². The van der Waals surface area contributed by atoms with E-state index in [0.717, 1.165) is 23.7 Å². The smallest absolute Gasteiger partial charge is 0.189 e. The second-order valence-electron chi connectivity index (χ2n) is 3.19. The van der Waals surface area contributed by atoms with Crippen LogP contribution in [0.2, 0.25) is 0 Å². The lowest BCUT2D eigenvalue weighted by molar-refractivity contribution is 0.926. The van der Waals surface area contributed by atoms with Gasteiger partial charge in [-0.15, -0.1) is 0 Å². The molecule has 0 aliphatic heterocycles. The number of thioether (sulfide) groups is 1. The van der Waals surface area contributed by atoms with Crippen LogP contribution in [0.5, 0.6) is 0 Å². The third-order valence-corrected chi connectivity index (χ3v) is 3.24. The molecule has 1 aromatic rings. The molecule has 0 spiro atoms. The zero-order valence-electron chi connectivity index (χ0n) is 7.32. The second kappa shape index (κ2) is 3.00. The molecule has 0 radical (unpaired) electrons. The molecule has 0 atom stereocenters. The van der Waals surface area contributed by atoms with Crippen molar-refractivity contribution in [2.75, 3.05) is 0 Å². The molecule has 1 fully saturated rings. The molecule has 13 heavy (non-hydrogen) atoms. The number of aromatic nitrogens is 2. The van der Waals surface area contributed by atoms with Crippen molar-refractivity contribution in [1.82, 2.24) is 9.97 Å². The molecule has 1 aliphatic carbocycles. The van der Waals surface area contributed by atoms with E-state index in [2.05, 4.69) is 16.0 Å². The first-order valence-electron chi connectivity index (χ1n) is 4.14. The molecule has 0 N–H and O–H groups in total. The number of nitrogens with zero attached hydrogens (tertiary/aromatic N) is 3. The zero-order chi connectivity index (χ0) is 9.31. The summed E-state index contributed by atoms with van der Waals surface area (Å²) in [6, 6.07) is 4.16. The summed E-state index contributed by atoms with van der Waals surface area (Å²) in [5, 5.41) is 9.58. The standard InChI is InChI=1S/C9H9N3S/c1-7-2-5-11-8(12-7)13-9(6-10)3-4-9/h2,5H,3-4H2,1H3. The van der Waals surface area contributed by atoms with Crippen LogP contribution in [-0.2, 0) is 0 Å². The monoisotopic (exact) mass is 191 g/mol. The van der Waals surface area contributed by atoms with Gasteiger partial charge >= 0.3 is 0 Å². The molecule has 0 saturated heterocycles. The lowest BCUT2D eigenvalue weighted by Gasteiger charge is -2.02. The molecule has 0 aromatic carbocycles. The van der Waals surface area contributed by atoms with Crippen molar-refractivity contribution in [2.24, 2.45) is 0 Å². The minimum Gasteiger partial charge on any atom is -0.231 e. The van der Waals surface area contributed by atoms with Crippen LogP contribution in [0.25, 0.3) is 0 Å². The average Bonchev–Trinajstić information content (AvgIpc) is 2.86. The van der Waals surface area contributed by atoms with E-state index < -0.39 is 0 Å². The maximum Gasteiger partial charge on any atom is 0.189 e. The topological polar surface area (TPSA) is 49.6 Å². The van der Waals surface area contributed by atoms with Crippen molar-refractivity contribution in [3.8, 4) is 6.07 Å². The fourth-order valence-electron chi connectivity index (χ4n) is 1.00. The molecule has 1 saturated carbocycles. The van der Waals surface area contributed by atoms with Gasteiger partial charge in [-0.1, -0.05) is 11.8 Å². The second-order valence-corrected chi connectivity index (χ2v) is 4.54. The van der Waals surface area contributed by atoms with Crippen LogP contribution in [0.15, 0.2) is 17.4 Å². The molecule has 2 rings (SSSR count). The Kier molecular flexibility index (Phi) is 1.97. The molecule has 1 aliphatic rings. The third kappa shape index (κ3) is 1.81. The van der Waals surface area contributed by atoms with Gasteiger partial charge in [-0.05, 0) is 25.8 Å². The molecule has 4 heteroatoms. The van der Waals surface area contributed by atoms with Crippen molar-refractivity contribution in [1.29, 1.82) is 5.26 Å². The molecular weight excluding hydrogens is 182 g/mol. The van der Waals surface area contributed by atoms with Crippen LogP contribution in [-0.4, -0.2) is 14.7 Å². The summed E-state index contributed by atoms with van der Waals surface area (Å²) in [6.07, 6.45) is 3.66. The van der Waals surface area contributed by atoms with Crippen molar-refractivity contribution >= 4 is 11.8 Å². The van der Waals surface area contributed by atoms with Crippen molar-refractivity contribution < 1.29 is 0 Å². The Bertz CT molecular complexity index is 365. The number of nitriles is 1. The number of hydrogen-bond acceptors (Lipinski definition) is 4. The lowest BCUT2D eigenvalue weighted by atomic mass is 10.5. The van der Waals surface area contributed by atoms with Gasteiger partial charge < -0.3 is 0 Å². The summed E-state index contributed by atoms with van der Waals surface area (Å²) in [4.78, 5) is 8.36. The quantitative estimate of drug-likeness (QED) is 0.670. The molecule has 1 aromatic heterocycles. The Morgan fingerprint density at radius 1 is 1.62 bits per heavy atom. The Balaban J connectivity index is 2.15. The van der Waals surface area contributed by atoms with E-state index in [-0.39, 0.29) is 4.75 Å². The fourth-order valence-corrected chi connectivity index (χ4v) is 2.00. The summed E-state index contributed by atoms with van der Waals surface area (Å²) in [5.74, 6) is 0. The van der Waals surface area contributed by atoms with Crippen molar-refractivity contribution in [3.05, 3.63) is 18.0 Å². The van der Waals surface area contributed by atoms with Gasteiger partial charge in [-0.3, -0.25) is 0 Å². The summed E-state index contributed by atoms with van der Waals surface area (Å²) in [6.45, 7) is 1.93. The van der Waals surface area contributed by atoms with Crippen molar-refractivity contribution in [2.45, 2.75) is 29.7 Å². The van der Waals surface area contributed by atoms with E-state index in [1.807, 2.05) is 13.0 Å². The van der Waals surface area contributed by atoms with E-state index in [1.54, 1.807) is 6.20 Å². The SMILES string of the molecule is Cc1ccnc(SC2(C#N)CC2)n1. The number of aryl methyl sites for hydroxylation is 1. The fraction of sp³-hybridized carbons (Fsp3) is 0.444. The van der Waals surface area contributed by atoms with E-state index >= 15 is 0 Å². The van der Waals surface area contributed by atoms with E-state index in [0.29, 0.717) is 0 Å². The highest BCUT2D eigenvalue weighted by molar-refractivity contribution is 8.01. The molecule has 0 amide bonds. The van der Waals surface area contributed by atoms with Crippen LogP contribution in [0.1, 0.15) is 18.5 Å². The lowest BCUT2D eigenvalue weighted by Crippen LogP contribution is -1.99. The van der Waals surface area contributed by atoms with Gasteiger partial charge in [0.25, 0.3) is 0 Å². The van der Waals surface area contributed by atoms with Crippen molar-refractivity contribution in [3.63, 3.8) is 0 Å². The number of rotatable bonds is 2. The highest BCUT2D eigenvalue weighted by Crippen LogP contribution is 2.50. The summed E-state index contributed by atoms with van der Waals surface area (Å²) >= 11 is 1.49. The van der Waals surface area contributed by atoms with Crippen LogP contribution < -0.4 is 0 Å². The molecule has 0 unspecified atom stereocenters. The van der Waals surface area contributed by atoms with Gasteiger partial charge in [0, 0.05) is 11.9 Å². The summed E-state index contributed by atoms with van der Waals surface area (Å²) in [5.41, 5.74) is 0.950. The van der Waals surface area contributed by atoms with Gasteiger partial charge in [-0.2, -0.15) is 5.26 Å². The average molecular weight is 191 g/mol. The van der Waals surface area contributed by atoms with Crippen LogP contribution in [0.3, 0.4) is 0 Å². The van der Waals surface area contributed by atoms with Crippen LogP contribution in [0.4, 0.5) is 0 Å². The highest BCUT2D eigenvalue weighted by Gasteiger charge is 2.45. The first-order valence-corrected chi connectivity index (χ1v) is 4.96. The normalized spacial score (nSPS) is 17.8. The Labute approximate surface area is 81.2 Å². The van der Waals surface area contributed by atoms with Crippen LogP contribution >= 0.6 is 11.8 Å². The molecular formula is C9H9N3S. The Morgan fingerprint density at radius 2 is 2.38 bits per heavy atom. The largest absolute Gasteiger partial charge is 0.231 e. The highest BCUT2D eigenvalue weighted by atomic mass is 32.2. The van der Waals surface area contributed by atoms with E-state index in [9.17, 15) is 0 Å². The van der Waals surface area contributed by atoms with Gasteiger partial charge in [-0.25, -0.2) is 9.97 Å². The first kappa shape index (κ1) is 8.52. The summed E-state index contributed by atoms with van der Waals surface area (Å²) < 4.78 is -0.214. The zero-order valence-corrected chi connectivity index (χ0v) is 8.14. The predicted molar refractivity (Wildman–Crippen MR) is 50.2 cm³/mol. The number of hydrogen-bond donors (Lipinski definition) is 0. The Hall–Kier alpha value is -1.08. The van der Waals surface area contributed by atoms with Gasteiger partial charge in [0.2, 0.25) is 0 Å². The Morgan fingerprint density at radius 3 is 2.92 bits per heavy atom. The van der Waals surface area contributed by atoms with Gasteiger partial charge in [0.15, 0.2) is 5.16 Å². The maximum absolute atomic E-state index is 8.86. The van der Waals surface area contributed by atoms with Gasteiger partial charge in [0.05, 0.1) is 6.07 Å². The van der Waals surface area contributed by atoms with E-state index in [1.165, 1.54) is 11.8 Å². The maximum atomic E-state index is 8.86. The molecule has 0 bridgehead atoms. The van der Waals surface area contributed by atoms with Crippen LogP contribution in [0, 0.1) is 18.3 Å². The third-order valence-electron chi connectivity index (χ3n) is 1.97. The minimum atomic E-state index is -0.214. The van der Waals surface area contributed by atoms with E-state index in [4.69, 9.17) is 5.26 Å². The first-order chi connectivity index (χ1) is 6.24.